The zero-order chi connectivity index (χ0) is 18.5. The maximum absolute atomic E-state index is 13.3. The van der Waals surface area contributed by atoms with Gasteiger partial charge in [0.25, 0.3) is 5.91 Å². The summed E-state index contributed by atoms with van der Waals surface area (Å²) in [4.78, 5) is 19.5. The number of carbonyl (C=O) groups excluding carboxylic acids is 1. The molecule has 2 N–H and O–H groups in total. The molecule has 3 aromatic rings. The molecule has 0 fully saturated rings. The van der Waals surface area contributed by atoms with Crippen molar-refractivity contribution in [1.82, 2.24) is 14.5 Å². The number of nitrogens with two attached hydrogens (primary N) is 1. The van der Waals surface area contributed by atoms with Crippen LogP contribution in [0.5, 0.6) is 0 Å². The molecular formula is C20H24N4OS. The molecule has 0 aliphatic heterocycles. The minimum atomic E-state index is 0.0400. The summed E-state index contributed by atoms with van der Waals surface area (Å²) in [6, 6.07) is 12.0. The summed E-state index contributed by atoms with van der Waals surface area (Å²) in [5, 5.41) is 2.83. The van der Waals surface area contributed by atoms with Gasteiger partial charge in [0.1, 0.15) is 0 Å². The largest absolute Gasteiger partial charge is 0.334 e. The number of amides is 1. The Morgan fingerprint density at radius 2 is 2.04 bits per heavy atom. The van der Waals surface area contributed by atoms with Gasteiger partial charge in [-0.3, -0.25) is 9.36 Å². The Hall–Kier alpha value is -2.44. The summed E-state index contributed by atoms with van der Waals surface area (Å²) < 4.78 is 2.04. The van der Waals surface area contributed by atoms with Crippen molar-refractivity contribution < 1.29 is 4.79 Å². The number of aryl methyl sites for hydroxylation is 1. The number of thiazole rings is 1. The third-order valence-corrected chi connectivity index (χ3v) is 5.16. The smallest absolute Gasteiger partial charge is 0.255 e. The van der Waals surface area contributed by atoms with Crippen molar-refractivity contribution in [2.75, 3.05) is 13.1 Å². The number of hydrogen-bond acceptors (Lipinski definition) is 4. The molecule has 6 heteroatoms. The van der Waals surface area contributed by atoms with Gasteiger partial charge in [-0.2, -0.15) is 0 Å². The molecular weight excluding hydrogens is 344 g/mol. The van der Waals surface area contributed by atoms with Crippen LogP contribution >= 0.6 is 11.3 Å². The maximum atomic E-state index is 13.3. The third-order valence-electron chi connectivity index (χ3n) is 4.41. The number of carbonyl (C=O) groups is 1. The monoisotopic (exact) mass is 368 g/mol. The van der Waals surface area contributed by atoms with Crippen molar-refractivity contribution in [3.63, 3.8) is 0 Å². The number of benzene rings is 1. The maximum Gasteiger partial charge on any atom is 0.255 e. The molecule has 3 rings (SSSR count). The van der Waals surface area contributed by atoms with Crippen LogP contribution < -0.4 is 5.73 Å². The van der Waals surface area contributed by atoms with Crippen LogP contribution in [-0.2, 0) is 6.54 Å². The summed E-state index contributed by atoms with van der Waals surface area (Å²) in [6.07, 6.45) is 2.56. The van der Waals surface area contributed by atoms with Crippen LogP contribution in [0.2, 0.25) is 0 Å². The van der Waals surface area contributed by atoms with E-state index in [0.717, 1.165) is 34.1 Å². The van der Waals surface area contributed by atoms with E-state index >= 15 is 0 Å². The highest BCUT2D eigenvalue weighted by Crippen LogP contribution is 2.24. The molecule has 0 unspecified atom stereocenters. The molecule has 0 spiro atoms. The van der Waals surface area contributed by atoms with Crippen molar-refractivity contribution >= 4 is 17.2 Å². The molecule has 26 heavy (non-hydrogen) atoms. The van der Waals surface area contributed by atoms with Gasteiger partial charge in [0.05, 0.1) is 5.56 Å². The summed E-state index contributed by atoms with van der Waals surface area (Å²) in [5.74, 6) is 0.0400. The number of aromatic nitrogens is 2. The predicted octanol–water partition coefficient (Wildman–Crippen LogP) is 3.54. The minimum absolute atomic E-state index is 0.0400. The third kappa shape index (κ3) is 3.86. The van der Waals surface area contributed by atoms with Crippen molar-refractivity contribution in [1.29, 1.82) is 0 Å². The van der Waals surface area contributed by atoms with Gasteiger partial charge in [-0.15, -0.1) is 11.3 Å². The average molecular weight is 369 g/mol. The fourth-order valence-electron chi connectivity index (χ4n) is 3.11. The Morgan fingerprint density at radius 3 is 2.69 bits per heavy atom. The molecule has 0 radical (unpaired) electrons. The van der Waals surface area contributed by atoms with E-state index in [2.05, 4.69) is 4.98 Å². The van der Waals surface area contributed by atoms with Gasteiger partial charge in [-0.1, -0.05) is 30.3 Å². The number of nitrogens with zero attached hydrogens (tertiary/aromatic N) is 3. The van der Waals surface area contributed by atoms with E-state index in [1.807, 2.05) is 65.1 Å². The lowest BCUT2D eigenvalue weighted by Gasteiger charge is -2.23. The summed E-state index contributed by atoms with van der Waals surface area (Å²) in [5.41, 5.74) is 9.46. The first-order valence-electron chi connectivity index (χ1n) is 8.74. The minimum Gasteiger partial charge on any atom is -0.334 e. The molecule has 0 atom stereocenters. The fourth-order valence-corrected chi connectivity index (χ4v) is 3.86. The first kappa shape index (κ1) is 18.4. The molecule has 2 heterocycles. The second-order valence-corrected chi connectivity index (χ2v) is 7.16. The second-order valence-electron chi connectivity index (χ2n) is 6.29. The Kier molecular flexibility index (Phi) is 5.85. The lowest BCUT2D eigenvalue weighted by Crippen LogP contribution is -2.32. The van der Waals surface area contributed by atoms with Gasteiger partial charge in [0.15, 0.2) is 5.13 Å². The van der Waals surface area contributed by atoms with Gasteiger partial charge in [-0.05, 0) is 38.4 Å². The van der Waals surface area contributed by atoms with Crippen LogP contribution in [0.15, 0.2) is 48.0 Å². The molecule has 0 saturated heterocycles. The first-order chi connectivity index (χ1) is 12.6. The van der Waals surface area contributed by atoms with E-state index < -0.39 is 0 Å². The van der Waals surface area contributed by atoms with E-state index in [4.69, 9.17) is 5.73 Å². The predicted molar refractivity (Wildman–Crippen MR) is 106 cm³/mol. The highest BCUT2D eigenvalue weighted by atomic mass is 32.1. The van der Waals surface area contributed by atoms with Crippen LogP contribution in [0.3, 0.4) is 0 Å². The fraction of sp³-hybridized carbons (Fsp3) is 0.300. The molecule has 0 aliphatic rings. The molecule has 136 valence electrons. The molecule has 1 aromatic carbocycles. The molecule has 0 bridgehead atoms. The van der Waals surface area contributed by atoms with E-state index in [0.29, 0.717) is 19.6 Å². The molecule has 0 saturated carbocycles. The number of hydrogen-bond donors (Lipinski definition) is 1. The molecule has 1 amide bonds. The summed E-state index contributed by atoms with van der Waals surface area (Å²) in [6.45, 7) is 5.78. The molecule has 5 nitrogen and oxygen atoms in total. The highest BCUT2D eigenvalue weighted by Gasteiger charge is 2.22. The Balaban J connectivity index is 1.90. The lowest BCUT2D eigenvalue weighted by molar-refractivity contribution is 0.0741. The highest BCUT2D eigenvalue weighted by molar-refractivity contribution is 7.12. The Labute approximate surface area is 158 Å². The summed E-state index contributed by atoms with van der Waals surface area (Å²) >= 11 is 1.56. The van der Waals surface area contributed by atoms with Gasteiger partial charge in [-0.25, -0.2) is 4.98 Å². The van der Waals surface area contributed by atoms with Gasteiger partial charge < -0.3 is 10.6 Å². The van der Waals surface area contributed by atoms with E-state index in [1.165, 1.54) is 0 Å². The SMILES string of the molecule is Cc1cc(C(=O)N(CCCN)Cc2ccccc2)c(C)n1-c1nccs1. The van der Waals surface area contributed by atoms with E-state index in [1.54, 1.807) is 17.5 Å². The summed E-state index contributed by atoms with van der Waals surface area (Å²) in [7, 11) is 0. The second kappa shape index (κ2) is 8.29. The first-order valence-corrected chi connectivity index (χ1v) is 9.62. The molecule has 0 aliphatic carbocycles. The van der Waals surface area contributed by atoms with Gasteiger partial charge in [0, 0.05) is 36.1 Å². The van der Waals surface area contributed by atoms with Crippen LogP contribution in [0.1, 0.15) is 33.7 Å². The standard InChI is InChI=1S/C20H24N4OS/c1-15-13-18(16(2)24(15)20-22-10-12-26-20)19(25)23(11-6-9-21)14-17-7-4-3-5-8-17/h3-5,7-8,10,12-13H,6,9,11,14,21H2,1-2H3. The molecule has 2 aromatic heterocycles. The quantitative estimate of drug-likeness (QED) is 0.694. The van der Waals surface area contributed by atoms with Crippen molar-refractivity contribution in [3.05, 3.63) is 70.5 Å². The zero-order valence-corrected chi connectivity index (χ0v) is 16.0. The van der Waals surface area contributed by atoms with Crippen LogP contribution in [0.25, 0.3) is 5.13 Å². The van der Waals surface area contributed by atoms with Crippen molar-refractivity contribution in [3.8, 4) is 5.13 Å². The van der Waals surface area contributed by atoms with E-state index in [9.17, 15) is 4.79 Å². The van der Waals surface area contributed by atoms with Gasteiger partial charge in [0.2, 0.25) is 0 Å². The van der Waals surface area contributed by atoms with Crippen LogP contribution in [0, 0.1) is 13.8 Å². The van der Waals surface area contributed by atoms with Crippen LogP contribution in [0.4, 0.5) is 0 Å². The van der Waals surface area contributed by atoms with Crippen molar-refractivity contribution in [2.24, 2.45) is 5.73 Å². The Bertz CT molecular complexity index is 856. The topological polar surface area (TPSA) is 64.2 Å². The van der Waals surface area contributed by atoms with Crippen molar-refractivity contribution in [2.45, 2.75) is 26.8 Å². The normalized spacial score (nSPS) is 10.9. The van der Waals surface area contributed by atoms with E-state index in [-0.39, 0.29) is 5.91 Å². The number of rotatable bonds is 7. The Morgan fingerprint density at radius 1 is 1.27 bits per heavy atom. The average Bonchev–Trinajstić information content (AvgIpc) is 3.26. The zero-order valence-electron chi connectivity index (χ0n) is 15.2. The van der Waals surface area contributed by atoms with Gasteiger partial charge >= 0.3 is 0 Å². The van der Waals surface area contributed by atoms with Crippen LogP contribution in [-0.4, -0.2) is 33.4 Å². The lowest BCUT2D eigenvalue weighted by atomic mass is 10.1.